The van der Waals surface area contributed by atoms with Gasteiger partial charge in [-0.3, -0.25) is 0 Å². The maximum atomic E-state index is 13.4. The number of hydrogen-bond donors (Lipinski definition) is 1. The molecule has 2 aromatic carbocycles. The van der Waals surface area contributed by atoms with Gasteiger partial charge in [-0.25, -0.2) is 4.79 Å². The first-order valence-electron chi connectivity index (χ1n) is 8.34. The lowest BCUT2D eigenvalue weighted by Gasteiger charge is -2.29. The van der Waals surface area contributed by atoms with Crippen molar-refractivity contribution in [3.8, 4) is 22.6 Å². The van der Waals surface area contributed by atoms with E-state index in [9.17, 15) is 23.1 Å². The molecule has 0 aliphatic carbocycles. The van der Waals surface area contributed by atoms with Crippen LogP contribution in [0.4, 0.5) is 13.2 Å². The van der Waals surface area contributed by atoms with E-state index < -0.39 is 23.8 Å². The maximum absolute atomic E-state index is 13.4. The molecule has 1 atom stereocenters. The Morgan fingerprint density at radius 1 is 1.29 bits per heavy atom. The minimum Gasteiger partial charge on any atom is -0.496 e. The fraction of sp³-hybridized carbons (Fsp3) is 0.250. The Morgan fingerprint density at radius 3 is 2.57 bits per heavy atom. The van der Waals surface area contributed by atoms with E-state index in [1.165, 1.54) is 19.2 Å². The van der Waals surface area contributed by atoms with E-state index in [0.717, 1.165) is 11.6 Å². The van der Waals surface area contributed by atoms with Gasteiger partial charge < -0.3 is 14.6 Å². The van der Waals surface area contributed by atoms with Crippen LogP contribution in [-0.2, 0) is 11.2 Å². The zero-order valence-electron chi connectivity index (χ0n) is 14.9. The van der Waals surface area contributed by atoms with Gasteiger partial charge in [0.1, 0.15) is 11.5 Å². The molecule has 0 saturated carbocycles. The van der Waals surface area contributed by atoms with E-state index in [1.54, 1.807) is 18.2 Å². The number of benzene rings is 2. The molecule has 0 aromatic heterocycles. The van der Waals surface area contributed by atoms with Crippen molar-refractivity contribution >= 4 is 23.6 Å². The minimum atomic E-state index is -4.88. The molecule has 0 amide bonds. The van der Waals surface area contributed by atoms with Crippen molar-refractivity contribution in [1.82, 2.24) is 0 Å². The first kappa shape index (κ1) is 20.1. The standard InChI is InChI=1S/C20H16ClF3O4/c1-3-10-6-11(4-5-16(10)27-2)14-9-13(21)7-12-8-15(19(25)26)18(20(22,23)24)28-17(12)14/h4-9,18H,3H2,1-2H3,(H,25,26). The van der Waals surface area contributed by atoms with Crippen LogP contribution in [-0.4, -0.2) is 30.5 Å². The number of ether oxygens (including phenoxy) is 2. The van der Waals surface area contributed by atoms with Crippen LogP contribution in [0.1, 0.15) is 18.1 Å². The molecule has 0 radical (unpaired) electrons. The van der Waals surface area contributed by atoms with Crippen LogP contribution in [0.2, 0.25) is 5.02 Å². The van der Waals surface area contributed by atoms with E-state index >= 15 is 0 Å². The molecule has 0 spiro atoms. The summed E-state index contributed by atoms with van der Waals surface area (Å²) in [6, 6.07) is 8.05. The third-order valence-corrected chi connectivity index (χ3v) is 4.65. The number of alkyl halides is 3. The molecule has 2 aromatic rings. The fourth-order valence-corrected chi connectivity index (χ4v) is 3.36. The molecular weight excluding hydrogens is 397 g/mol. The fourth-order valence-electron chi connectivity index (χ4n) is 3.13. The Morgan fingerprint density at radius 2 is 2.00 bits per heavy atom. The summed E-state index contributed by atoms with van der Waals surface area (Å²) in [5.74, 6) is -1.11. The van der Waals surface area contributed by atoms with Gasteiger partial charge in [-0.2, -0.15) is 13.2 Å². The SMILES string of the molecule is CCc1cc(-c2cc(Cl)cc3c2OC(C(F)(F)F)C(C(=O)O)=C3)ccc1OC. The van der Waals surface area contributed by atoms with Crippen molar-refractivity contribution in [2.24, 2.45) is 0 Å². The molecule has 0 bridgehead atoms. The number of rotatable bonds is 4. The molecule has 3 rings (SSSR count). The predicted molar refractivity (Wildman–Crippen MR) is 98.9 cm³/mol. The van der Waals surface area contributed by atoms with Crippen LogP contribution in [0, 0.1) is 0 Å². The lowest BCUT2D eigenvalue weighted by atomic mass is 9.94. The number of carbonyl (C=O) groups is 1. The summed E-state index contributed by atoms with van der Waals surface area (Å²) in [4.78, 5) is 11.3. The molecule has 1 N–H and O–H groups in total. The van der Waals surface area contributed by atoms with E-state index in [4.69, 9.17) is 21.1 Å². The highest BCUT2D eigenvalue weighted by Gasteiger charge is 2.48. The van der Waals surface area contributed by atoms with Crippen LogP contribution in [0.25, 0.3) is 17.2 Å². The Labute approximate surface area is 164 Å². The molecule has 1 aliphatic rings. The highest BCUT2D eigenvalue weighted by Crippen LogP contribution is 2.44. The van der Waals surface area contributed by atoms with Crippen LogP contribution >= 0.6 is 11.6 Å². The maximum Gasteiger partial charge on any atom is 0.430 e. The van der Waals surface area contributed by atoms with Crippen molar-refractivity contribution in [1.29, 1.82) is 0 Å². The van der Waals surface area contributed by atoms with Crippen LogP contribution < -0.4 is 9.47 Å². The number of aliphatic carboxylic acids is 1. The predicted octanol–water partition coefficient (Wildman–Crippen LogP) is 5.37. The lowest BCUT2D eigenvalue weighted by Crippen LogP contribution is -2.40. The summed E-state index contributed by atoms with van der Waals surface area (Å²) < 4.78 is 50.7. The number of carboxylic acid groups (broad SMARTS) is 1. The Bertz CT molecular complexity index is 967. The molecule has 1 unspecified atom stereocenters. The Hall–Kier alpha value is -2.67. The van der Waals surface area contributed by atoms with Crippen LogP contribution in [0.3, 0.4) is 0 Å². The van der Waals surface area contributed by atoms with Gasteiger partial charge in [-0.15, -0.1) is 0 Å². The van der Waals surface area contributed by atoms with Crippen LogP contribution in [0.5, 0.6) is 11.5 Å². The van der Waals surface area contributed by atoms with Crippen molar-refractivity contribution in [2.75, 3.05) is 7.11 Å². The lowest BCUT2D eigenvalue weighted by molar-refractivity contribution is -0.187. The minimum absolute atomic E-state index is 0.0658. The average Bonchev–Trinajstić information content (AvgIpc) is 2.64. The van der Waals surface area contributed by atoms with Crippen molar-refractivity contribution < 1.29 is 32.5 Å². The zero-order chi connectivity index (χ0) is 20.6. The number of aryl methyl sites for hydroxylation is 1. The second kappa shape index (κ2) is 7.39. The normalized spacial score (nSPS) is 16.1. The summed E-state index contributed by atoms with van der Waals surface area (Å²) in [7, 11) is 1.53. The second-order valence-corrected chi connectivity index (χ2v) is 6.63. The highest BCUT2D eigenvalue weighted by molar-refractivity contribution is 6.31. The molecule has 148 valence electrons. The van der Waals surface area contributed by atoms with Crippen LogP contribution in [0.15, 0.2) is 35.9 Å². The Balaban J connectivity index is 2.22. The Kier molecular flexibility index (Phi) is 5.30. The summed E-state index contributed by atoms with van der Waals surface area (Å²) in [5, 5.41) is 9.43. The van der Waals surface area contributed by atoms with Gasteiger partial charge in [-0.05, 0) is 47.9 Å². The third kappa shape index (κ3) is 3.67. The van der Waals surface area contributed by atoms with Gasteiger partial charge >= 0.3 is 12.1 Å². The van der Waals surface area contributed by atoms with Gasteiger partial charge in [0.15, 0.2) is 0 Å². The van der Waals surface area contributed by atoms with Crippen molar-refractivity contribution in [2.45, 2.75) is 25.6 Å². The molecule has 0 saturated heterocycles. The number of carboxylic acids is 1. The first-order valence-corrected chi connectivity index (χ1v) is 8.72. The van der Waals surface area contributed by atoms with Gasteiger partial charge in [0.05, 0.1) is 12.7 Å². The highest BCUT2D eigenvalue weighted by atomic mass is 35.5. The molecule has 1 aliphatic heterocycles. The summed E-state index contributed by atoms with van der Waals surface area (Å²) >= 11 is 6.14. The van der Waals surface area contributed by atoms with Crippen molar-refractivity contribution in [3.05, 3.63) is 52.1 Å². The molecule has 4 nitrogen and oxygen atoms in total. The number of methoxy groups -OCH3 is 1. The van der Waals surface area contributed by atoms with Gasteiger partial charge in [0.25, 0.3) is 0 Å². The molecule has 0 fully saturated rings. The number of hydrogen-bond acceptors (Lipinski definition) is 3. The summed E-state index contributed by atoms with van der Waals surface area (Å²) in [5.41, 5.74) is 1.07. The van der Waals surface area contributed by atoms with E-state index in [2.05, 4.69) is 0 Å². The van der Waals surface area contributed by atoms with Gasteiger partial charge in [-0.1, -0.05) is 24.6 Å². The monoisotopic (exact) mass is 412 g/mol. The van der Waals surface area contributed by atoms with E-state index in [-0.39, 0.29) is 16.3 Å². The average molecular weight is 413 g/mol. The topological polar surface area (TPSA) is 55.8 Å². The molecular formula is C20H16ClF3O4. The molecule has 8 heteroatoms. The molecule has 1 heterocycles. The summed E-state index contributed by atoms with van der Waals surface area (Å²) in [6.45, 7) is 1.92. The quantitative estimate of drug-likeness (QED) is 0.733. The molecule has 28 heavy (non-hydrogen) atoms. The zero-order valence-corrected chi connectivity index (χ0v) is 15.7. The largest absolute Gasteiger partial charge is 0.496 e. The number of halogens is 4. The second-order valence-electron chi connectivity index (χ2n) is 6.20. The van der Waals surface area contributed by atoms with E-state index in [0.29, 0.717) is 23.3 Å². The third-order valence-electron chi connectivity index (χ3n) is 4.43. The van der Waals surface area contributed by atoms with Gasteiger partial charge in [0.2, 0.25) is 6.10 Å². The van der Waals surface area contributed by atoms with E-state index in [1.807, 2.05) is 6.92 Å². The smallest absolute Gasteiger partial charge is 0.430 e. The first-order chi connectivity index (χ1) is 13.2. The number of fused-ring (bicyclic) bond motifs is 1. The van der Waals surface area contributed by atoms with Gasteiger partial charge in [0, 0.05) is 16.1 Å². The van der Waals surface area contributed by atoms with Crippen molar-refractivity contribution in [3.63, 3.8) is 0 Å². The summed E-state index contributed by atoms with van der Waals surface area (Å²) in [6.07, 6.45) is -5.84.